The molecule has 0 atom stereocenters. The highest BCUT2D eigenvalue weighted by atomic mass is 35.5. The van der Waals surface area contributed by atoms with E-state index >= 15 is 0 Å². The Morgan fingerprint density at radius 3 is 2.86 bits per heavy atom. The van der Waals surface area contributed by atoms with Gasteiger partial charge in [-0.25, -0.2) is 0 Å². The van der Waals surface area contributed by atoms with Crippen LogP contribution in [0.15, 0.2) is 41.4 Å². The van der Waals surface area contributed by atoms with Crippen LogP contribution in [0.25, 0.3) is 10.2 Å². The average molecular weight is 447 g/mol. The molecule has 1 heterocycles. The van der Waals surface area contributed by atoms with Crippen LogP contribution in [-0.2, 0) is 6.54 Å². The lowest BCUT2D eigenvalue weighted by atomic mass is 10.2. The second kappa shape index (κ2) is 9.98. The highest BCUT2D eigenvalue weighted by Crippen LogP contribution is 2.32. The lowest BCUT2D eigenvalue weighted by molar-refractivity contribution is 0.0997. The van der Waals surface area contributed by atoms with Gasteiger partial charge in [0.1, 0.15) is 5.75 Å². The third-order valence-corrected chi connectivity index (χ3v) is 6.12. The number of ether oxygens (including phenoxy) is 1. The minimum absolute atomic E-state index is 0.229. The van der Waals surface area contributed by atoms with Crippen molar-refractivity contribution in [2.75, 3.05) is 6.61 Å². The zero-order valence-corrected chi connectivity index (χ0v) is 18.3. The molecule has 0 unspecified atom stereocenters. The topological polar surface area (TPSA) is 43.6 Å². The molecule has 2 aromatic carbocycles. The number of amides is 1. The smallest absolute Gasteiger partial charge is 0.279 e. The van der Waals surface area contributed by atoms with Crippen molar-refractivity contribution in [3.63, 3.8) is 0 Å². The predicted octanol–water partition coefficient (Wildman–Crippen LogP) is 5.95. The molecule has 29 heavy (non-hydrogen) atoms. The predicted molar refractivity (Wildman–Crippen MR) is 120 cm³/mol. The first-order valence-electron chi connectivity index (χ1n) is 9.28. The van der Waals surface area contributed by atoms with Gasteiger partial charge in [-0.1, -0.05) is 66.3 Å². The summed E-state index contributed by atoms with van der Waals surface area (Å²) in [4.78, 5) is 17.6. The number of carbonyl (C=O) groups is 1. The Balaban J connectivity index is 1.95. The SMILES string of the molecule is C#CCn1c(=NC(=O)c2cccc(OCCCCC)c2)sc2ccc(Cl)c(Cl)c21. The highest BCUT2D eigenvalue weighted by molar-refractivity contribution is 7.16. The number of unbranched alkanes of at least 4 members (excludes halogenated alkanes) is 2. The molecule has 7 heteroatoms. The number of aromatic nitrogens is 1. The summed E-state index contributed by atoms with van der Waals surface area (Å²) in [6.07, 6.45) is 8.74. The van der Waals surface area contributed by atoms with Crippen molar-refractivity contribution in [1.82, 2.24) is 4.57 Å². The van der Waals surface area contributed by atoms with Gasteiger partial charge in [-0.15, -0.1) is 6.42 Å². The van der Waals surface area contributed by atoms with Gasteiger partial charge in [0.05, 0.1) is 33.4 Å². The van der Waals surface area contributed by atoms with Crippen LogP contribution >= 0.6 is 34.5 Å². The van der Waals surface area contributed by atoms with Crippen LogP contribution in [0.1, 0.15) is 36.5 Å². The number of hydrogen-bond acceptors (Lipinski definition) is 3. The molecule has 150 valence electrons. The van der Waals surface area contributed by atoms with Gasteiger partial charge in [0.25, 0.3) is 5.91 Å². The van der Waals surface area contributed by atoms with Crippen molar-refractivity contribution in [2.45, 2.75) is 32.7 Å². The summed E-state index contributed by atoms with van der Waals surface area (Å²) < 4.78 is 8.32. The summed E-state index contributed by atoms with van der Waals surface area (Å²) in [6.45, 7) is 3.00. The van der Waals surface area contributed by atoms with E-state index < -0.39 is 0 Å². The molecule has 0 radical (unpaired) electrons. The normalized spacial score (nSPS) is 11.6. The molecule has 3 rings (SSSR count). The van der Waals surface area contributed by atoms with Gasteiger partial charge >= 0.3 is 0 Å². The van der Waals surface area contributed by atoms with Crippen LogP contribution in [0.5, 0.6) is 5.75 Å². The Labute approximate surface area is 183 Å². The number of thiazole rings is 1. The molecule has 0 aliphatic heterocycles. The molecular formula is C22H20Cl2N2O2S. The van der Waals surface area contributed by atoms with Crippen LogP contribution in [-0.4, -0.2) is 17.1 Å². The molecule has 1 aromatic heterocycles. The zero-order valence-electron chi connectivity index (χ0n) is 16.0. The summed E-state index contributed by atoms with van der Waals surface area (Å²) in [6, 6.07) is 10.6. The average Bonchev–Trinajstić information content (AvgIpc) is 3.06. The van der Waals surface area contributed by atoms with Crippen molar-refractivity contribution in [1.29, 1.82) is 0 Å². The molecule has 0 aliphatic carbocycles. The lowest BCUT2D eigenvalue weighted by Crippen LogP contribution is -2.16. The van der Waals surface area contributed by atoms with Crippen molar-refractivity contribution in [3.8, 4) is 18.1 Å². The molecule has 0 spiro atoms. The molecule has 0 saturated carbocycles. The number of nitrogens with zero attached hydrogens (tertiary/aromatic N) is 2. The van der Waals surface area contributed by atoms with Gasteiger partial charge in [0.2, 0.25) is 0 Å². The van der Waals surface area contributed by atoms with E-state index in [4.69, 9.17) is 34.4 Å². The summed E-state index contributed by atoms with van der Waals surface area (Å²) in [5, 5.41) is 0.820. The first-order chi connectivity index (χ1) is 14.0. The van der Waals surface area contributed by atoms with Crippen LogP contribution in [0, 0.1) is 12.3 Å². The number of carbonyl (C=O) groups excluding carboxylic acids is 1. The van der Waals surface area contributed by atoms with Crippen LogP contribution in [0.3, 0.4) is 0 Å². The van der Waals surface area contributed by atoms with E-state index in [2.05, 4.69) is 17.8 Å². The number of halogens is 2. The van der Waals surface area contributed by atoms with Crippen molar-refractivity contribution >= 4 is 50.7 Å². The number of benzene rings is 2. The van der Waals surface area contributed by atoms with Crippen LogP contribution in [0.2, 0.25) is 10.0 Å². The molecule has 4 nitrogen and oxygen atoms in total. The van der Waals surface area contributed by atoms with Gasteiger partial charge in [-0.05, 0) is 36.8 Å². The Morgan fingerprint density at radius 1 is 1.28 bits per heavy atom. The molecule has 0 bridgehead atoms. The molecule has 0 fully saturated rings. The number of terminal acetylenes is 1. The first-order valence-corrected chi connectivity index (χ1v) is 10.8. The van der Waals surface area contributed by atoms with Gasteiger partial charge in [-0.2, -0.15) is 4.99 Å². The minimum Gasteiger partial charge on any atom is -0.494 e. The summed E-state index contributed by atoms with van der Waals surface area (Å²) >= 11 is 13.9. The third kappa shape index (κ3) is 5.02. The number of fused-ring (bicyclic) bond motifs is 1. The van der Waals surface area contributed by atoms with E-state index in [0.29, 0.717) is 38.3 Å². The quantitative estimate of drug-likeness (QED) is 0.332. The fourth-order valence-corrected chi connectivity index (χ4v) is 4.35. The Bertz CT molecular complexity index is 1140. The second-order valence-electron chi connectivity index (χ2n) is 6.38. The fraction of sp³-hybridized carbons (Fsp3) is 0.273. The fourth-order valence-electron chi connectivity index (χ4n) is 2.84. The van der Waals surface area contributed by atoms with E-state index in [1.165, 1.54) is 11.3 Å². The van der Waals surface area contributed by atoms with Gasteiger partial charge < -0.3 is 9.30 Å². The Kier molecular flexibility index (Phi) is 7.38. The molecule has 0 saturated heterocycles. The third-order valence-electron chi connectivity index (χ3n) is 4.28. The monoisotopic (exact) mass is 446 g/mol. The molecule has 3 aromatic rings. The second-order valence-corrected chi connectivity index (χ2v) is 8.18. The molecule has 0 N–H and O–H groups in total. The maximum atomic E-state index is 12.8. The van der Waals surface area contributed by atoms with E-state index in [9.17, 15) is 4.79 Å². The van der Waals surface area contributed by atoms with Crippen molar-refractivity contribution in [2.24, 2.45) is 4.99 Å². The van der Waals surface area contributed by atoms with Crippen LogP contribution in [0.4, 0.5) is 0 Å². The molecular weight excluding hydrogens is 427 g/mol. The molecule has 1 amide bonds. The summed E-state index contributed by atoms with van der Waals surface area (Å²) in [5.41, 5.74) is 1.13. The Hall–Kier alpha value is -2.26. The van der Waals surface area contributed by atoms with E-state index in [0.717, 1.165) is 24.0 Å². The summed E-state index contributed by atoms with van der Waals surface area (Å²) in [7, 11) is 0. The standard InChI is InChI=1S/C22H20Cl2N2O2S/c1-3-5-6-13-28-16-9-7-8-15(14-16)21(27)25-22-26(12-4-2)20-18(29-22)11-10-17(23)19(20)24/h2,7-11,14H,3,5-6,12-13H2,1H3. The number of rotatable bonds is 7. The first kappa shape index (κ1) is 21.4. The lowest BCUT2D eigenvalue weighted by Gasteiger charge is -2.06. The minimum atomic E-state index is -0.372. The highest BCUT2D eigenvalue weighted by Gasteiger charge is 2.14. The van der Waals surface area contributed by atoms with E-state index in [-0.39, 0.29) is 12.5 Å². The Morgan fingerprint density at radius 2 is 2.10 bits per heavy atom. The van der Waals surface area contributed by atoms with Gasteiger partial charge in [-0.3, -0.25) is 4.79 Å². The van der Waals surface area contributed by atoms with Gasteiger partial charge in [0.15, 0.2) is 4.80 Å². The summed E-state index contributed by atoms with van der Waals surface area (Å²) in [5.74, 6) is 2.87. The zero-order chi connectivity index (χ0) is 20.8. The maximum Gasteiger partial charge on any atom is 0.279 e. The molecule has 0 aliphatic rings. The largest absolute Gasteiger partial charge is 0.494 e. The van der Waals surface area contributed by atoms with Crippen molar-refractivity contribution < 1.29 is 9.53 Å². The van der Waals surface area contributed by atoms with Gasteiger partial charge in [0, 0.05) is 5.56 Å². The maximum absolute atomic E-state index is 12.8. The number of hydrogen-bond donors (Lipinski definition) is 0. The van der Waals surface area contributed by atoms with E-state index in [1.807, 2.05) is 12.1 Å². The van der Waals surface area contributed by atoms with Crippen LogP contribution < -0.4 is 9.54 Å². The van der Waals surface area contributed by atoms with E-state index in [1.54, 1.807) is 28.8 Å². The van der Waals surface area contributed by atoms with Crippen molar-refractivity contribution in [3.05, 3.63) is 56.8 Å².